The number of methoxy groups -OCH3 is 1. The summed E-state index contributed by atoms with van der Waals surface area (Å²) in [6.07, 6.45) is 2.81. The summed E-state index contributed by atoms with van der Waals surface area (Å²) in [4.78, 5) is 10.5. The van der Waals surface area contributed by atoms with Crippen LogP contribution >= 0.6 is 11.3 Å². The van der Waals surface area contributed by atoms with Crippen molar-refractivity contribution < 1.29 is 9.13 Å². The highest BCUT2D eigenvalue weighted by Gasteiger charge is 2.32. The van der Waals surface area contributed by atoms with Gasteiger partial charge in [0, 0.05) is 34.7 Å². The number of aromatic nitrogens is 2. The van der Waals surface area contributed by atoms with Crippen molar-refractivity contribution in [3.8, 4) is 5.75 Å². The summed E-state index contributed by atoms with van der Waals surface area (Å²) in [5.74, 6) is -0.0691. The van der Waals surface area contributed by atoms with E-state index in [1.165, 1.54) is 29.8 Å². The number of rotatable bonds is 4. The maximum absolute atomic E-state index is 14.0. The van der Waals surface area contributed by atoms with Crippen LogP contribution < -0.4 is 4.74 Å². The molecule has 1 aliphatic heterocycles. The fraction of sp³-hybridized carbons (Fsp3) is 0.227. The Balaban J connectivity index is 1.65. The minimum atomic E-state index is -0.342. The highest BCUT2D eigenvalue weighted by atomic mass is 32.1. The highest BCUT2D eigenvalue weighted by Crippen LogP contribution is 2.40. The fourth-order valence-corrected chi connectivity index (χ4v) is 4.83. The van der Waals surface area contributed by atoms with Crippen LogP contribution in [0.2, 0.25) is 0 Å². The average molecular weight is 393 g/mol. The maximum atomic E-state index is 14.0. The maximum Gasteiger partial charge on any atom is 0.165 e. The molecule has 28 heavy (non-hydrogen) atoms. The Morgan fingerprint density at radius 3 is 3.00 bits per heavy atom. The van der Waals surface area contributed by atoms with Gasteiger partial charge in [0.2, 0.25) is 0 Å². The Kier molecular flexibility index (Phi) is 4.37. The Bertz CT molecular complexity index is 1120. The third-order valence-corrected chi connectivity index (χ3v) is 6.21. The molecule has 0 bridgehead atoms. The smallest absolute Gasteiger partial charge is 0.165 e. The quantitative estimate of drug-likeness (QED) is 0.535. The topological polar surface area (TPSA) is 41.1 Å². The monoisotopic (exact) mass is 393 g/mol. The molecule has 2 aromatic heterocycles. The van der Waals surface area contributed by atoms with E-state index in [4.69, 9.17) is 4.74 Å². The van der Waals surface area contributed by atoms with E-state index >= 15 is 0 Å². The molecule has 4 nitrogen and oxygen atoms in total. The molecule has 0 saturated carbocycles. The van der Waals surface area contributed by atoms with Gasteiger partial charge in [-0.2, -0.15) is 0 Å². The van der Waals surface area contributed by atoms with Crippen molar-refractivity contribution in [3.63, 3.8) is 0 Å². The van der Waals surface area contributed by atoms with Crippen molar-refractivity contribution in [2.45, 2.75) is 19.0 Å². The molecule has 1 atom stereocenters. The Hall–Kier alpha value is -2.70. The largest absolute Gasteiger partial charge is 0.494 e. The molecule has 4 aromatic rings. The molecule has 0 saturated heterocycles. The van der Waals surface area contributed by atoms with E-state index in [1.807, 2.05) is 29.8 Å². The van der Waals surface area contributed by atoms with E-state index in [2.05, 4.69) is 33.1 Å². The number of fused-ring (bicyclic) bond motifs is 3. The van der Waals surface area contributed by atoms with Crippen molar-refractivity contribution in [2.75, 3.05) is 13.7 Å². The molecule has 0 spiro atoms. The van der Waals surface area contributed by atoms with Gasteiger partial charge in [0.15, 0.2) is 11.6 Å². The zero-order valence-electron chi connectivity index (χ0n) is 15.5. The minimum Gasteiger partial charge on any atom is -0.494 e. The number of ether oxygens (including phenoxy) is 1. The molecular weight excluding hydrogens is 373 g/mol. The van der Waals surface area contributed by atoms with Crippen molar-refractivity contribution in [2.24, 2.45) is 0 Å². The number of halogens is 1. The number of benzene rings is 2. The van der Waals surface area contributed by atoms with Crippen molar-refractivity contribution in [3.05, 3.63) is 81.7 Å². The van der Waals surface area contributed by atoms with Crippen LogP contribution in [0.1, 0.15) is 27.9 Å². The molecule has 0 unspecified atom stereocenters. The van der Waals surface area contributed by atoms with Gasteiger partial charge in [-0.05, 0) is 35.7 Å². The van der Waals surface area contributed by atoms with Crippen LogP contribution in [-0.2, 0) is 13.0 Å². The molecule has 5 rings (SSSR count). The number of thiazole rings is 1. The lowest BCUT2D eigenvalue weighted by atomic mass is 9.92. The Morgan fingerprint density at radius 2 is 2.18 bits per heavy atom. The molecule has 6 heteroatoms. The summed E-state index contributed by atoms with van der Waals surface area (Å²) in [5.41, 5.74) is 4.68. The summed E-state index contributed by atoms with van der Waals surface area (Å²) >= 11 is 1.66. The van der Waals surface area contributed by atoms with E-state index in [0.29, 0.717) is 0 Å². The number of hydrogen-bond donors (Lipinski definition) is 1. The molecule has 142 valence electrons. The molecule has 1 N–H and O–H groups in total. The van der Waals surface area contributed by atoms with Crippen molar-refractivity contribution >= 4 is 22.2 Å². The molecule has 1 aliphatic rings. The number of H-pyrrole nitrogens is 1. The van der Waals surface area contributed by atoms with Crippen LogP contribution in [0.25, 0.3) is 10.9 Å². The van der Waals surface area contributed by atoms with E-state index in [9.17, 15) is 4.39 Å². The van der Waals surface area contributed by atoms with Crippen molar-refractivity contribution in [1.82, 2.24) is 14.9 Å². The van der Waals surface area contributed by atoms with Gasteiger partial charge in [0.05, 0.1) is 19.7 Å². The summed E-state index contributed by atoms with van der Waals surface area (Å²) in [5, 5.41) is 4.35. The van der Waals surface area contributed by atoms with Gasteiger partial charge < -0.3 is 9.72 Å². The summed E-state index contributed by atoms with van der Waals surface area (Å²) in [7, 11) is 1.50. The normalized spacial score (nSPS) is 17.0. The number of nitrogens with one attached hydrogen (secondary N) is 1. The first-order chi connectivity index (χ1) is 13.7. The second-order valence-corrected chi connectivity index (χ2v) is 7.98. The van der Waals surface area contributed by atoms with Crippen LogP contribution in [0, 0.1) is 5.82 Å². The van der Waals surface area contributed by atoms with Gasteiger partial charge in [-0.1, -0.05) is 24.3 Å². The highest BCUT2D eigenvalue weighted by molar-refractivity contribution is 7.09. The lowest BCUT2D eigenvalue weighted by molar-refractivity contribution is 0.201. The van der Waals surface area contributed by atoms with Gasteiger partial charge in [-0.25, -0.2) is 9.37 Å². The van der Waals surface area contributed by atoms with Crippen LogP contribution in [-0.4, -0.2) is 28.5 Å². The van der Waals surface area contributed by atoms with Gasteiger partial charge >= 0.3 is 0 Å². The lowest BCUT2D eigenvalue weighted by Crippen LogP contribution is -2.35. The van der Waals surface area contributed by atoms with Crippen LogP contribution in [0.3, 0.4) is 0 Å². The first kappa shape index (κ1) is 17.4. The summed E-state index contributed by atoms with van der Waals surface area (Å²) < 4.78 is 19.3. The summed E-state index contributed by atoms with van der Waals surface area (Å²) in [6, 6.07) is 13.6. The van der Waals surface area contributed by atoms with E-state index < -0.39 is 0 Å². The number of aromatic amines is 1. The Labute approximate surface area is 166 Å². The predicted octanol–water partition coefficient (Wildman–Crippen LogP) is 4.92. The molecule has 0 fully saturated rings. The van der Waals surface area contributed by atoms with Gasteiger partial charge in [-0.3, -0.25) is 4.90 Å². The first-order valence-corrected chi connectivity index (χ1v) is 10.2. The third-order valence-electron chi connectivity index (χ3n) is 5.45. The molecular formula is C22H20FN3OS. The predicted molar refractivity (Wildman–Crippen MR) is 109 cm³/mol. The number of hydrogen-bond acceptors (Lipinski definition) is 4. The summed E-state index contributed by atoms with van der Waals surface area (Å²) in [6.45, 7) is 1.68. The minimum absolute atomic E-state index is 0.00505. The molecule has 0 radical (unpaired) electrons. The van der Waals surface area contributed by atoms with Gasteiger partial charge in [0.1, 0.15) is 5.01 Å². The van der Waals surface area contributed by atoms with E-state index in [1.54, 1.807) is 11.3 Å². The van der Waals surface area contributed by atoms with Gasteiger partial charge in [-0.15, -0.1) is 11.3 Å². The lowest BCUT2D eigenvalue weighted by Gasteiger charge is -2.35. The average Bonchev–Trinajstić information content (AvgIpc) is 3.36. The molecule has 0 amide bonds. The first-order valence-electron chi connectivity index (χ1n) is 9.30. The number of para-hydroxylation sites is 1. The SMILES string of the molecule is COc1cc([C@H]2c3[nH]c4ccccc4c3CCN2Cc2nccs2)ccc1F. The standard InChI is InChI=1S/C22H20FN3OS/c1-27-19-12-14(6-7-17(19)23)22-21-16(15-4-2-3-5-18(15)25-21)8-10-26(22)13-20-24-9-11-28-20/h2-7,9,11-12,22,25H,8,10,13H2,1H3/t22-/m0/s1. The fourth-order valence-electron chi connectivity index (χ4n) is 4.19. The van der Waals surface area contributed by atoms with Crippen LogP contribution in [0.5, 0.6) is 5.75 Å². The Morgan fingerprint density at radius 1 is 1.29 bits per heavy atom. The van der Waals surface area contributed by atoms with E-state index in [0.717, 1.165) is 35.6 Å². The molecule has 0 aliphatic carbocycles. The third kappa shape index (κ3) is 2.89. The second kappa shape index (κ2) is 7.04. The van der Waals surface area contributed by atoms with E-state index in [-0.39, 0.29) is 17.6 Å². The molecule has 3 heterocycles. The second-order valence-electron chi connectivity index (χ2n) is 7.01. The number of nitrogens with zero attached hydrogens (tertiary/aromatic N) is 2. The zero-order chi connectivity index (χ0) is 19.1. The molecule has 2 aromatic carbocycles. The van der Waals surface area contributed by atoms with Crippen LogP contribution in [0.15, 0.2) is 54.0 Å². The van der Waals surface area contributed by atoms with Crippen molar-refractivity contribution in [1.29, 1.82) is 0 Å². The zero-order valence-corrected chi connectivity index (χ0v) is 16.3. The van der Waals surface area contributed by atoms with Gasteiger partial charge in [0.25, 0.3) is 0 Å². The van der Waals surface area contributed by atoms with Crippen LogP contribution in [0.4, 0.5) is 4.39 Å².